The van der Waals surface area contributed by atoms with Crippen molar-refractivity contribution >= 4 is 17.9 Å². The highest BCUT2D eigenvalue weighted by atomic mass is 16.4. The second-order valence-corrected chi connectivity index (χ2v) is 6.80. The molecule has 1 aliphatic heterocycles. The van der Waals surface area contributed by atoms with Crippen LogP contribution in [0.15, 0.2) is 0 Å². The molecule has 1 rings (SSSR count). The molecule has 1 heterocycles. The fraction of sp³-hybridized carbons (Fsp3) is 0.800. The molecule has 120 valence electrons. The first-order valence-corrected chi connectivity index (χ1v) is 7.46. The van der Waals surface area contributed by atoms with Crippen molar-refractivity contribution in [3.63, 3.8) is 0 Å². The number of imide groups is 1. The summed E-state index contributed by atoms with van der Waals surface area (Å²) in [6.45, 7) is 7.37. The summed E-state index contributed by atoms with van der Waals surface area (Å²) in [5.41, 5.74) is -0.671. The monoisotopic (exact) mass is 298 g/mol. The van der Waals surface area contributed by atoms with Gasteiger partial charge in [-0.3, -0.25) is 14.9 Å². The first-order chi connectivity index (χ1) is 9.62. The third-order valence-corrected chi connectivity index (χ3v) is 3.94. The smallest absolute Gasteiger partial charge is 0.324 e. The summed E-state index contributed by atoms with van der Waals surface area (Å²) in [4.78, 5) is 36.6. The zero-order valence-electron chi connectivity index (χ0n) is 13.3. The van der Waals surface area contributed by atoms with Crippen LogP contribution in [0.3, 0.4) is 0 Å². The van der Waals surface area contributed by atoms with E-state index >= 15 is 0 Å². The number of nitrogens with one attached hydrogen (secondary N) is 1. The molecule has 6 heteroatoms. The van der Waals surface area contributed by atoms with Gasteiger partial charge < -0.3 is 10.0 Å². The van der Waals surface area contributed by atoms with E-state index in [4.69, 9.17) is 5.11 Å². The molecule has 0 aromatic carbocycles. The van der Waals surface area contributed by atoms with Gasteiger partial charge in [-0.15, -0.1) is 0 Å². The molecule has 0 saturated carbocycles. The van der Waals surface area contributed by atoms with Crippen LogP contribution in [0.2, 0.25) is 0 Å². The molecule has 1 saturated heterocycles. The molecule has 1 fully saturated rings. The van der Waals surface area contributed by atoms with Crippen molar-refractivity contribution in [2.75, 3.05) is 0 Å². The Morgan fingerprint density at radius 2 is 1.67 bits per heavy atom. The number of amides is 3. The van der Waals surface area contributed by atoms with Crippen LogP contribution in [0.5, 0.6) is 0 Å². The lowest BCUT2D eigenvalue weighted by atomic mass is 9.85. The SMILES string of the molecule is C[C@@H]1CCC[C@H](C)N1C(=O)NC(=O)CC(C)(C)CC(=O)O. The van der Waals surface area contributed by atoms with E-state index in [0.29, 0.717) is 0 Å². The molecular weight excluding hydrogens is 272 g/mol. The van der Waals surface area contributed by atoms with Gasteiger partial charge in [0.05, 0.1) is 6.42 Å². The molecule has 0 aromatic rings. The van der Waals surface area contributed by atoms with Crippen molar-refractivity contribution in [1.82, 2.24) is 10.2 Å². The Morgan fingerprint density at radius 1 is 1.14 bits per heavy atom. The van der Waals surface area contributed by atoms with Crippen LogP contribution in [0.1, 0.15) is 59.8 Å². The number of aliphatic carboxylic acids is 1. The minimum atomic E-state index is -0.947. The number of likely N-dealkylation sites (tertiary alicyclic amines) is 1. The predicted octanol–water partition coefficient (Wildman–Crippen LogP) is 2.38. The van der Waals surface area contributed by atoms with Gasteiger partial charge in [0.1, 0.15) is 0 Å². The van der Waals surface area contributed by atoms with Crippen LogP contribution in [-0.2, 0) is 9.59 Å². The number of carboxylic acid groups (broad SMARTS) is 1. The van der Waals surface area contributed by atoms with E-state index in [1.165, 1.54) is 0 Å². The molecule has 3 amide bonds. The number of carbonyl (C=O) groups excluding carboxylic acids is 2. The number of rotatable bonds is 4. The minimum absolute atomic E-state index is 0.0155. The number of nitrogens with zero attached hydrogens (tertiary/aromatic N) is 1. The van der Waals surface area contributed by atoms with Gasteiger partial charge in [-0.1, -0.05) is 13.8 Å². The van der Waals surface area contributed by atoms with Crippen LogP contribution in [0.25, 0.3) is 0 Å². The van der Waals surface area contributed by atoms with Crippen LogP contribution in [0.4, 0.5) is 4.79 Å². The third kappa shape index (κ3) is 5.36. The first-order valence-electron chi connectivity index (χ1n) is 7.46. The zero-order chi connectivity index (χ0) is 16.2. The van der Waals surface area contributed by atoms with Crippen molar-refractivity contribution in [1.29, 1.82) is 0 Å². The van der Waals surface area contributed by atoms with Gasteiger partial charge in [-0.2, -0.15) is 0 Å². The van der Waals surface area contributed by atoms with E-state index in [1.807, 2.05) is 13.8 Å². The van der Waals surface area contributed by atoms with Gasteiger partial charge in [0, 0.05) is 18.5 Å². The Labute approximate surface area is 125 Å². The Hall–Kier alpha value is -1.59. The van der Waals surface area contributed by atoms with E-state index < -0.39 is 17.3 Å². The predicted molar refractivity (Wildman–Crippen MR) is 78.8 cm³/mol. The summed E-state index contributed by atoms with van der Waals surface area (Å²) >= 11 is 0. The summed E-state index contributed by atoms with van der Waals surface area (Å²) in [6, 6.07) is -0.131. The lowest BCUT2D eigenvalue weighted by Gasteiger charge is -2.38. The number of hydrogen-bond acceptors (Lipinski definition) is 3. The molecule has 2 atom stereocenters. The van der Waals surface area contributed by atoms with Gasteiger partial charge in [-0.05, 0) is 38.5 Å². The first kappa shape index (κ1) is 17.5. The molecule has 1 aliphatic rings. The van der Waals surface area contributed by atoms with Crippen molar-refractivity contribution in [3.05, 3.63) is 0 Å². The van der Waals surface area contributed by atoms with Gasteiger partial charge in [0.25, 0.3) is 0 Å². The molecular formula is C15H26N2O4. The summed E-state index contributed by atoms with van der Waals surface area (Å²) in [6.07, 6.45) is 2.88. The Kier molecular flexibility index (Phi) is 5.75. The number of hydrogen-bond donors (Lipinski definition) is 2. The van der Waals surface area contributed by atoms with Crippen LogP contribution < -0.4 is 5.32 Å². The number of urea groups is 1. The summed E-state index contributed by atoms with van der Waals surface area (Å²) in [7, 11) is 0. The van der Waals surface area contributed by atoms with E-state index in [0.717, 1.165) is 19.3 Å². The van der Waals surface area contributed by atoms with E-state index in [9.17, 15) is 14.4 Å². The highest BCUT2D eigenvalue weighted by molar-refractivity contribution is 5.95. The second kappa shape index (κ2) is 6.91. The van der Waals surface area contributed by atoms with E-state index in [1.54, 1.807) is 18.7 Å². The molecule has 0 spiro atoms. The second-order valence-electron chi connectivity index (χ2n) is 6.80. The number of carbonyl (C=O) groups is 3. The van der Waals surface area contributed by atoms with Gasteiger partial charge in [-0.25, -0.2) is 4.79 Å². The Morgan fingerprint density at radius 3 is 2.14 bits per heavy atom. The largest absolute Gasteiger partial charge is 0.481 e. The third-order valence-electron chi connectivity index (χ3n) is 3.94. The Bertz CT molecular complexity index is 410. The molecule has 21 heavy (non-hydrogen) atoms. The normalized spacial score (nSPS) is 22.8. The lowest BCUT2D eigenvalue weighted by molar-refractivity contribution is -0.139. The molecule has 2 N–H and O–H groups in total. The van der Waals surface area contributed by atoms with E-state index in [2.05, 4.69) is 5.32 Å². The lowest BCUT2D eigenvalue weighted by Crippen LogP contribution is -2.53. The Balaban J connectivity index is 2.57. The van der Waals surface area contributed by atoms with Crippen molar-refractivity contribution in [2.45, 2.75) is 71.9 Å². The highest BCUT2D eigenvalue weighted by Crippen LogP contribution is 2.25. The number of carboxylic acids is 1. The van der Waals surface area contributed by atoms with Crippen molar-refractivity contribution < 1.29 is 19.5 Å². The molecule has 0 aliphatic carbocycles. The molecule has 0 bridgehead atoms. The van der Waals surface area contributed by atoms with E-state index in [-0.39, 0.29) is 31.0 Å². The molecule has 6 nitrogen and oxygen atoms in total. The summed E-state index contributed by atoms with van der Waals surface area (Å²) < 4.78 is 0. The molecule has 0 radical (unpaired) electrons. The average Bonchev–Trinajstić information content (AvgIpc) is 2.24. The van der Waals surface area contributed by atoms with Gasteiger partial charge >= 0.3 is 12.0 Å². The average molecular weight is 298 g/mol. The topological polar surface area (TPSA) is 86.7 Å². The van der Waals surface area contributed by atoms with Gasteiger partial charge in [0.2, 0.25) is 5.91 Å². The van der Waals surface area contributed by atoms with Gasteiger partial charge in [0.15, 0.2) is 0 Å². The molecule has 0 aromatic heterocycles. The van der Waals surface area contributed by atoms with Crippen molar-refractivity contribution in [2.24, 2.45) is 5.41 Å². The number of piperidine rings is 1. The van der Waals surface area contributed by atoms with Crippen LogP contribution in [0, 0.1) is 5.41 Å². The standard InChI is InChI=1S/C15H26N2O4/c1-10-6-5-7-11(2)17(10)14(21)16-12(18)8-15(3,4)9-13(19)20/h10-11H,5-9H2,1-4H3,(H,19,20)(H,16,18,21)/t10-,11+. The van der Waals surface area contributed by atoms with Crippen LogP contribution >= 0.6 is 0 Å². The highest BCUT2D eigenvalue weighted by Gasteiger charge is 2.31. The summed E-state index contributed by atoms with van der Waals surface area (Å²) in [5.74, 6) is -1.37. The maximum absolute atomic E-state index is 12.2. The summed E-state index contributed by atoms with van der Waals surface area (Å²) in [5, 5.41) is 11.2. The fourth-order valence-corrected chi connectivity index (χ4v) is 2.96. The molecule has 0 unspecified atom stereocenters. The van der Waals surface area contributed by atoms with Crippen LogP contribution in [-0.4, -0.2) is 40.0 Å². The minimum Gasteiger partial charge on any atom is -0.481 e. The maximum atomic E-state index is 12.2. The van der Waals surface area contributed by atoms with Crippen molar-refractivity contribution in [3.8, 4) is 0 Å². The zero-order valence-corrected chi connectivity index (χ0v) is 13.3. The quantitative estimate of drug-likeness (QED) is 0.834. The maximum Gasteiger partial charge on any atom is 0.324 e. The fourth-order valence-electron chi connectivity index (χ4n) is 2.96.